The number of pyridine rings is 6. The highest BCUT2D eigenvalue weighted by molar-refractivity contribution is 7.88. The molecule has 15 rings (SSSR count). The number of rotatable bonds is 32. The van der Waals surface area contributed by atoms with Crippen molar-refractivity contribution in [2.45, 2.75) is 283 Å². The number of nitrogens with one attached hydrogen (secondary N) is 2. The minimum Gasteiger partial charge on any atom is -0.506 e. The number of benzene rings is 8. The molecule has 1 fully saturated rings. The van der Waals surface area contributed by atoms with Gasteiger partial charge in [0.1, 0.15) is 51.4 Å². The fraction of sp³-hybridized carbons (Fsp3) is 0.429. The molecule has 14 aromatic rings. The second-order valence-electron chi connectivity index (χ2n) is 39.1. The predicted molar refractivity (Wildman–Crippen MR) is 602 cm³/mol. The van der Waals surface area contributed by atoms with E-state index in [0.29, 0.717) is 22.4 Å². The molecule has 7 heterocycles. The number of phenolic OH excluding ortho intramolecular Hbond substituents is 1. The van der Waals surface area contributed by atoms with Crippen LogP contribution in [0.1, 0.15) is 234 Å². The number of phenols is 1. The lowest BCUT2D eigenvalue weighted by Gasteiger charge is -2.32. The fourth-order valence-electron chi connectivity index (χ4n) is 15.8. The smallest absolute Gasteiger partial charge is 0.506 e. The van der Waals surface area contributed by atoms with Crippen LogP contribution in [0.2, 0.25) is 0 Å². The van der Waals surface area contributed by atoms with Gasteiger partial charge in [-0.1, -0.05) is 206 Å². The fourth-order valence-corrected chi connectivity index (χ4v) is 16.2. The Balaban J connectivity index is 0.000000211. The van der Waals surface area contributed by atoms with E-state index in [2.05, 4.69) is 282 Å². The Kier molecular flexibility index (Phi) is 46.2. The highest BCUT2D eigenvalue weighted by Gasteiger charge is 2.52. The highest BCUT2D eigenvalue weighted by atomic mass is 32.2. The maximum absolute atomic E-state index is 12.4. The Morgan fingerprint density at radius 2 is 0.723 bits per heavy atom. The molecule has 0 saturated carbocycles. The molecule has 0 bridgehead atoms. The molecular formula is C119H157BF3N9O15S. The monoisotopic (exact) mass is 2050 g/mol. The zero-order valence-corrected chi connectivity index (χ0v) is 92.1. The van der Waals surface area contributed by atoms with Crippen LogP contribution in [0.25, 0.3) is 77.0 Å². The van der Waals surface area contributed by atoms with Crippen molar-refractivity contribution in [3.05, 3.63) is 274 Å². The normalized spacial score (nSPS) is 12.7. The summed E-state index contributed by atoms with van der Waals surface area (Å²) in [6.45, 7) is 58.6. The van der Waals surface area contributed by atoms with E-state index in [-0.39, 0.29) is 89.2 Å². The maximum Gasteiger partial charge on any atom is 0.534 e. The number of halogens is 3. The van der Waals surface area contributed by atoms with Crippen molar-refractivity contribution >= 4 is 94.3 Å². The average molecular weight is 2050 g/mol. The summed E-state index contributed by atoms with van der Waals surface area (Å²) in [6, 6.07) is 74.9. The highest BCUT2D eigenvalue weighted by Crippen LogP contribution is 2.39. The minimum atomic E-state index is -5.77. The largest absolute Gasteiger partial charge is 0.534 e. The van der Waals surface area contributed by atoms with Gasteiger partial charge in [-0.2, -0.15) is 21.6 Å². The van der Waals surface area contributed by atoms with E-state index in [1.165, 1.54) is 58.3 Å². The summed E-state index contributed by atoms with van der Waals surface area (Å²) in [6.07, 6.45) is 6.80. The Morgan fingerprint density at radius 3 is 1.07 bits per heavy atom. The van der Waals surface area contributed by atoms with E-state index >= 15 is 0 Å². The molecule has 0 spiro atoms. The summed E-state index contributed by atoms with van der Waals surface area (Å²) in [5.41, 5.74) is 9.50. The van der Waals surface area contributed by atoms with Crippen molar-refractivity contribution < 1.29 is 74.5 Å². The molecule has 0 radical (unpaired) electrons. The zero-order valence-electron chi connectivity index (χ0n) is 91.2. The van der Waals surface area contributed by atoms with Gasteiger partial charge in [0.15, 0.2) is 0 Å². The van der Waals surface area contributed by atoms with Crippen LogP contribution in [0, 0.1) is 6.92 Å². The topological polar surface area (TPSA) is 307 Å². The van der Waals surface area contributed by atoms with Gasteiger partial charge in [-0.25, -0.2) is 15.0 Å². The van der Waals surface area contributed by atoms with Gasteiger partial charge >= 0.3 is 22.7 Å². The summed E-state index contributed by atoms with van der Waals surface area (Å²) in [7, 11) is -6.04. The number of aliphatic hydroxyl groups excluding tert-OH is 3. The number of aromatic hydroxyl groups is 1. The van der Waals surface area contributed by atoms with Gasteiger partial charge in [0.05, 0.1) is 71.3 Å². The van der Waals surface area contributed by atoms with Crippen LogP contribution in [0.15, 0.2) is 246 Å². The summed E-state index contributed by atoms with van der Waals surface area (Å²) < 4.78 is 99.3. The molecule has 29 heteroatoms. The molecule has 6 N–H and O–H groups in total. The number of nitrogens with zero attached hydrogens (tertiary/aromatic N) is 7. The second kappa shape index (κ2) is 56.7. The molecule has 148 heavy (non-hydrogen) atoms. The van der Waals surface area contributed by atoms with Crippen LogP contribution < -0.4 is 54.4 Å². The number of fused-ring (bicyclic) bond motifs is 5. The van der Waals surface area contributed by atoms with Crippen molar-refractivity contribution in [3.8, 4) is 57.1 Å². The van der Waals surface area contributed by atoms with Gasteiger partial charge in [-0.3, -0.25) is 14.6 Å². The molecule has 0 unspecified atom stereocenters. The second-order valence-corrected chi connectivity index (χ2v) is 40.6. The van der Waals surface area contributed by atoms with Crippen LogP contribution in [0.5, 0.6) is 34.6 Å². The number of hydrogen-bond donors (Lipinski definition) is 6. The third kappa shape index (κ3) is 34.2. The van der Waals surface area contributed by atoms with Gasteiger partial charge in [0.2, 0.25) is 17.0 Å². The van der Waals surface area contributed by atoms with Gasteiger partial charge in [-0.05, 0) is 248 Å². The maximum atomic E-state index is 12.4. The van der Waals surface area contributed by atoms with Crippen LogP contribution in [0.3, 0.4) is 0 Å². The number of anilines is 3. The lowest BCUT2D eigenvalue weighted by molar-refractivity contribution is -0.0501. The SMILES string of the molecule is CCC(CC)Oc1cccc2ccc(-c3ccc(N(CC)CC)cc3)nc12.CCC(CC)Oc1cccc2ccc(=O)[nH]c12.CCC(CC)Oc1cccc2ccc(OS(=O)(=O)C(F)(F)F)nc12.CCC(O)CC.CCN(CC)c1ccc(-c2ccc3cccc(OC(CO)CO)c3n2)cc1.CCN(CC)c1ccc(B2OC(C)(C)C(C)(C)O2)cc1.Cc1cc(C(C)(C)C)nc(C(C)(C)C)c1.O=c1ccc2cccc(O)c2[nH]1. The van der Waals surface area contributed by atoms with Crippen molar-refractivity contribution in [3.63, 3.8) is 0 Å². The van der Waals surface area contributed by atoms with E-state index in [1.54, 1.807) is 36.4 Å². The van der Waals surface area contributed by atoms with Crippen molar-refractivity contribution in [2.75, 3.05) is 67.2 Å². The standard InChI is InChI=1S/C24H30N2O.C22H26N2O3.C16H26BNO2.C15H16F3NO4S.C14H17NO2.C14H23N.C9H7NO2.C5H12O/c1-5-21(6-2)27-23-11-9-10-19-14-17-22(25-24(19)23)18-12-15-20(16-13-18)26(7-3)8-4;1-3-24(4-2)18-11-8-16(9-12-18)20-13-10-17-6-5-7-21(22(17)23-20)27-19(14-25)15-26;1-7-18(8-2)14-11-9-13(10-12-14)17-19-15(3,4)16(5,6)20-17;1-3-11(4-2)22-12-7-5-6-10-8-9-13(19-14(10)12)23-24(20,21)15(16,17)18;1-3-11(4-2)17-12-7-5-6-10-8-9-13(16)15-14(10)12;1-10-8-11(13(2,3)4)15-12(9-10)14(5,6)7;11-7-3-1-2-6-4-5-8(12)10-9(6)7;1-3-5(6)4-2/h9-17,21H,5-8H2,1-4H3;5-13,19,25-26H,3-4,14-15H2,1-2H3;9-12H,7-8H2,1-6H3;5-9,11H,3-4H2,1-2H3;5-9,11H,3-4H2,1-2H3,(H,15,16);8-9H,1-7H3;1-5,11H,(H,10,12);5-6H,3-4H2,1-2H3. The quantitative estimate of drug-likeness (QED) is 0.0130. The first-order valence-corrected chi connectivity index (χ1v) is 53.3. The molecule has 24 nitrogen and oxygen atoms in total. The number of alkyl halides is 3. The number of hydrogen-bond acceptors (Lipinski definition) is 22. The average Bonchev–Trinajstić information content (AvgIpc) is 1.63. The van der Waals surface area contributed by atoms with Gasteiger partial charge in [-0.15, -0.1) is 0 Å². The first kappa shape index (κ1) is 121. The molecule has 0 amide bonds. The van der Waals surface area contributed by atoms with E-state index in [0.717, 1.165) is 174 Å². The van der Waals surface area contributed by atoms with E-state index in [1.807, 2.05) is 94.4 Å². The molecule has 0 atom stereocenters. The molecule has 1 saturated heterocycles. The predicted octanol–water partition coefficient (Wildman–Crippen LogP) is 26.1. The van der Waals surface area contributed by atoms with E-state index < -0.39 is 27.6 Å². The number of H-pyrrole nitrogens is 2. The number of aromatic nitrogens is 6. The third-order valence-electron chi connectivity index (χ3n) is 25.9. The van der Waals surface area contributed by atoms with Gasteiger partial charge in [0, 0.05) is 135 Å². The van der Waals surface area contributed by atoms with E-state index in [9.17, 15) is 46.5 Å². The van der Waals surface area contributed by atoms with E-state index in [4.69, 9.17) is 48.3 Å². The van der Waals surface area contributed by atoms with Crippen molar-refractivity contribution in [1.29, 1.82) is 0 Å². The van der Waals surface area contributed by atoms with Gasteiger partial charge < -0.3 is 77.5 Å². The molecule has 798 valence electrons. The third-order valence-corrected chi connectivity index (χ3v) is 26.8. The molecule has 1 aliphatic rings. The molecule has 8 aromatic carbocycles. The Labute approximate surface area is 874 Å². The number of aryl methyl sites for hydroxylation is 1. The van der Waals surface area contributed by atoms with Crippen LogP contribution in [0.4, 0.5) is 30.2 Å². The number of aromatic amines is 2. The first-order chi connectivity index (χ1) is 70.3. The summed E-state index contributed by atoms with van der Waals surface area (Å²) in [5, 5.41) is 41.1. The Bertz CT molecular complexity index is 6490. The molecular weight excluding hydrogens is 1900 g/mol. The zero-order chi connectivity index (χ0) is 109. The Hall–Kier alpha value is -12.6. The summed E-state index contributed by atoms with van der Waals surface area (Å²) in [4.78, 5) is 52.9. The molecule has 6 aromatic heterocycles. The summed E-state index contributed by atoms with van der Waals surface area (Å²) >= 11 is 0. The van der Waals surface area contributed by atoms with Crippen LogP contribution in [-0.2, 0) is 30.3 Å². The van der Waals surface area contributed by atoms with Crippen LogP contribution in [-0.4, -0.2) is 166 Å². The van der Waals surface area contributed by atoms with Crippen molar-refractivity contribution in [1.82, 2.24) is 29.9 Å². The summed E-state index contributed by atoms with van der Waals surface area (Å²) in [5.74, 6) is 1.99. The number of ether oxygens (including phenoxy) is 4. The van der Waals surface area contributed by atoms with Crippen LogP contribution >= 0.6 is 0 Å². The molecule has 1 aliphatic heterocycles. The molecule has 0 aliphatic carbocycles. The minimum absolute atomic E-state index is 0.0648. The lowest BCUT2D eigenvalue weighted by Crippen LogP contribution is -2.41. The number of aliphatic hydroxyl groups is 3. The Morgan fingerprint density at radius 1 is 0.399 bits per heavy atom. The number of para-hydroxylation sites is 5. The first-order valence-electron chi connectivity index (χ1n) is 51.9. The van der Waals surface area contributed by atoms with Crippen molar-refractivity contribution in [2.24, 2.45) is 0 Å². The lowest BCUT2D eigenvalue weighted by atomic mass is 9.79. The van der Waals surface area contributed by atoms with Gasteiger partial charge in [0.25, 0.3) is 0 Å².